The number of nitrogens with one attached hydrogen (secondary N) is 1. The van der Waals surface area contributed by atoms with E-state index in [1.807, 2.05) is 0 Å². The van der Waals surface area contributed by atoms with Crippen LogP contribution in [0.4, 0.5) is 0 Å². The van der Waals surface area contributed by atoms with Crippen molar-refractivity contribution >= 4 is 0 Å². The van der Waals surface area contributed by atoms with Gasteiger partial charge in [-0.25, -0.2) is 0 Å². The summed E-state index contributed by atoms with van der Waals surface area (Å²) in [6.07, 6.45) is 11.1. The molecule has 1 rings (SSSR count). The molecule has 0 aromatic rings. The van der Waals surface area contributed by atoms with Crippen LogP contribution in [0.3, 0.4) is 0 Å². The molecule has 0 aliphatic heterocycles. The van der Waals surface area contributed by atoms with Crippen LogP contribution in [0.5, 0.6) is 0 Å². The first-order valence-corrected chi connectivity index (χ1v) is 7.32. The molecule has 1 nitrogen and oxygen atoms in total. The lowest BCUT2D eigenvalue weighted by Gasteiger charge is -2.40. The van der Waals surface area contributed by atoms with Crippen LogP contribution in [0.25, 0.3) is 0 Å². The summed E-state index contributed by atoms with van der Waals surface area (Å²) in [7, 11) is 0. The van der Waals surface area contributed by atoms with Gasteiger partial charge in [-0.2, -0.15) is 0 Å². The second-order valence-corrected chi connectivity index (χ2v) is 6.35. The normalized spacial score (nSPS) is 26.6. The minimum atomic E-state index is 0.511. The number of unbranched alkanes of at least 4 members (excludes halogenated alkanes) is 2. The Labute approximate surface area is 102 Å². The Kier molecular flexibility index (Phi) is 5.82. The van der Waals surface area contributed by atoms with Gasteiger partial charge in [0.15, 0.2) is 0 Å². The summed E-state index contributed by atoms with van der Waals surface area (Å²) in [5.41, 5.74) is 0.511. The number of hydrogen-bond acceptors (Lipinski definition) is 1. The van der Waals surface area contributed by atoms with Crippen molar-refractivity contribution in [1.82, 2.24) is 5.32 Å². The van der Waals surface area contributed by atoms with Gasteiger partial charge in [-0.05, 0) is 31.6 Å². The second kappa shape index (κ2) is 6.64. The molecule has 0 radical (unpaired) electrons. The highest BCUT2D eigenvalue weighted by molar-refractivity contribution is 4.89. The molecule has 0 aromatic heterocycles. The quantitative estimate of drug-likeness (QED) is 0.656. The lowest BCUT2D eigenvalue weighted by Crippen LogP contribution is -2.47. The van der Waals surface area contributed by atoms with Crippen molar-refractivity contribution in [3.05, 3.63) is 0 Å². The average Bonchev–Trinajstić information content (AvgIpc) is 2.21. The van der Waals surface area contributed by atoms with Crippen molar-refractivity contribution in [2.24, 2.45) is 5.41 Å². The molecule has 1 fully saturated rings. The summed E-state index contributed by atoms with van der Waals surface area (Å²) >= 11 is 0. The van der Waals surface area contributed by atoms with Crippen molar-refractivity contribution in [1.29, 1.82) is 0 Å². The van der Waals surface area contributed by atoms with E-state index in [-0.39, 0.29) is 0 Å². The monoisotopic (exact) mass is 225 g/mol. The summed E-state index contributed by atoms with van der Waals surface area (Å²) in [5, 5.41) is 3.87. The van der Waals surface area contributed by atoms with E-state index in [2.05, 4.69) is 33.0 Å². The van der Waals surface area contributed by atoms with Gasteiger partial charge in [-0.15, -0.1) is 0 Å². The Balaban J connectivity index is 2.28. The Hall–Kier alpha value is -0.0400. The highest BCUT2D eigenvalue weighted by Gasteiger charge is 2.32. The van der Waals surface area contributed by atoms with Crippen LogP contribution in [0.1, 0.15) is 79.1 Å². The van der Waals surface area contributed by atoms with Gasteiger partial charge in [0, 0.05) is 12.1 Å². The summed E-state index contributed by atoms with van der Waals surface area (Å²) in [6, 6.07) is 1.45. The Morgan fingerprint density at radius 2 is 2.00 bits per heavy atom. The van der Waals surface area contributed by atoms with Crippen molar-refractivity contribution < 1.29 is 0 Å². The third kappa shape index (κ3) is 4.45. The van der Waals surface area contributed by atoms with Gasteiger partial charge in [-0.1, -0.05) is 52.9 Å². The molecular weight excluding hydrogens is 194 g/mol. The van der Waals surface area contributed by atoms with E-state index < -0.39 is 0 Å². The molecule has 0 spiro atoms. The van der Waals surface area contributed by atoms with Crippen LogP contribution in [0.15, 0.2) is 0 Å². The van der Waals surface area contributed by atoms with Gasteiger partial charge in [0.2, 0.25) is 0 Å². The van der Waals surface area contributed by atoms with E-state index in [1.54, 1.807) is 0 Å². The van der Waals surface area contributed by atoms with Gasteiger partial charge in [0.25, 0.3) is 0 Å². The van der Waals surface area contributed by atoms with Crippen LogP contribution in [0, 0.1) is 5.41 Å². The fraction of sp³-hybridized carbons (Fsp3) is 1.00. The van der Waals surface area contributed by atoms with Gasteiger partial charge in [0.1, 0.15) is 0 Å². The number of hydrogen-bond donors (Lipinski definition) is 1. The van der Waals surface area contributed by atoms with Crippen molar-refractivity contribution in [2.75, 3.05) is 0 Å². The van der Waals surface area contributed by atoms with Crippen molar-refractivity contribution in [3.63, 3.8) is 0 Å². The smallest absolute Gasteiger partial charge is 0.0121 e. The summed E-state index contributed by atoms with van der Waals surface area (Å²) in [4.78, 5) is 0. The van der Waals surface area contributed by atoms with Crippen molar-refractivity contribution in [3.8, 4) is 0 Å². The maximum Gasteiger partial charge on any atom is 0.0121 e. The molecule has 0 amide bonds. The van der Waals surface area contributed by atoms with E-state index in [0.717, 1.165) is 6.04 Å². The Morgan fingerprint density at radius 1 is 1.25 bits per heavy atom. The molecule has 0 saturated heterocycles. The largest absolute Gasteiger partial charge is 0.311 e. The third-order valence-electron chi connectivity index (χ3n) is 4.23. The molecule has 1 saturated carbocycles. The molecule has 1 aliphatic rings. The SMILES string of the molecule is CCCCCC(C)NC1CCCCC1(C)C. The molecule has 0 aromatic carbocycles. The molecule has 16 heavy (non-hydrogen) atoms. The summed E-state index contributed by atoms with van der Waals surface area (Å²) in [6.45, 7) is 9.51. The van der Waals surface area contributed by atoms with Crippen molar-refractivity contribution in [2.45, 2.75) is 91.1 Å². The minimum absolute atomic E-state index is 0.511. The fourth-order valence-electron chi connectivity index (χ4n) is 2.93. The maximum absolute atomic E-state index is 3.87. The van der Waals surface area contributed by atoms with Crippen LogP contribution in [-0.4, -0.2) is 12.1 Å². The molecule has 1 heteroatoms. The first kappa shape index (κ1) is 14.0. The highest BCUT2D eigenvalue weighted by Crippen LogP contribution is 2.35. The molecule has 1 aliphatic carbocycles. The molecular formula is C15H31N. The highest BCUT2D eigenvalue weighted by atomic mass is 15.0. The molecule has 0 bridgehead atoms. The van der Waals surface area contributed by atoms with Gasteiger partial charge in [0.05, 0.1) is 0 Å². The predicted octanol–water partition coefficient (Wildman–Crippen LogP) is 4.51. The average molecular weight is 225 g/mol. The predicted molar refractivity (Wildman–Crippen MR) is 72.8 cm³/mol. The van der Waals surface area contributed by atoms with E-state index >= 15 is 0 Å². The zero-order valence-corrected chi connectivity index (χ0v) is 11.8. The Morgan fingerprint density at radius 3 is 2.62 bits per heavy atom. The fourth-order valence-corrected chi connectivity index (χ4v) is 2.93. The minimum Gasteiger partial charge on any atom is -0.311 e. The summed E-state index contributed by atoms with van der Waals surface area (Å²) in [5.74, 6) is 0. The second-order valence-electron chi connectivity index (χ2n) is 6.35. The van der Waals surface area contributed by atoms with E-state index in [0.29, 0.717) is 11.5 Å². The third-order valence-corrected chi connectivity index (χ3v) is 4.23. The van der Waals surface area contributed by atoms with Crippen LogP contribution in [0.2, 0.25) is 0 Å². The zero-order chi connectivity index (χ0) is 12.0. The zero-order valence-electron chi connectivity index (χ0n) is 11.8. The van der Waals surface area contributed by atoms with Gasteiger partial charge >= 0.3 is 0 Å². The van der Waals surface area contributed by atoms with Crippen LogP contribution in [-0.2, 0) is 0 Å². The number of rotatable bonds is 6. The van der Waals surface area contributed by atoms with Crippen LogP contribution < -0.4 is 5.32 Å². The first-order chi connectivity index (χ1) is 7.56. The summed E-state index contributed by atoms with van der Waals surface area (Å²) < 4.78 is 0. The van der Waals surface area contributed by atoms with E-state index in [9.17, 15) is 0 Å². The van der Waals surface area contributed by atoms with E-state index in [1.165, 1.54) is 51.4 Å². The van der Waals surface area contributed by atoms with Gasteiger partial charge in [-0.3, -0.25) is 0 Å². The molecule has 1 N–H and O–H groups in total. The molecule has 96 valence electrons. The van der Waals surface area contributed by atoms with Gasteiger partial charge < -0.3 is 5.32 Å². The molecule has 0 heterocycles. The maximum atomic E-state index is 3.87. The molecule has 2 atom stereocenters. The topological polar surface area (TPSA) is 12.0 Å². The lowest BCUT2D eigenvalue weighted by molar-refractivity contribution is 0.155. The van der Waals surface area contributed by atoms with Crippen LogP contribution >= 0.6 is 0 Å². The first-order valence-electron chi connectivity index (χ1n) is 7.32. The van der Waals surface area contributed by atoms with E-state index in [4.69, 9.17) is 0 Å². The lowest BCUT2D eigenvalue weighted by atomic mass is 9.73. The molecule has 2 unspecified atom stereocenters. The Bertz CT molecular complexity index is 186. The standard InChI is InChI=1S/C15H31N/c1-5-6-7-10-13(2)16-14-11-8-9-12-15(14,3)4/h13-14,16H,5-12H2,1-4H3.